The molecule has 0 aliphatic rings. The lowest BCUT2D eigenvalue weighted by Gasteiger charge is -1.93. The summed E-state index contributed by atoms with van der Waals surface area (Å²) >= 11 is 12.8. The standard InChI is InChI=1S/C9H6Cl2OS/c10-4-7-6-2-1-5(11)3-8(6)13-9(7)12/h1-3,12H,4H2. The van der Waals surface area contributed by atoms with E-state index in [2.05, 4.69) is 0 Å². The zero-order valence-electron chi connectivity index (χ0n) is 6.55. The number of thiophene rings is 1. The molecular formula is C9H6Cl2OS. The Balaban J connectivity index is 2.79. The zero-order chi connectivity index (χ0) is 9.42. The normalized spacial score (nSPS) is 10.9. The Kier molecular flexibility index (Phi) is 2.37. The molecule has 0 aliphatic heterocycles. The van der Waals surface area contributed by atoms with E-state index in [0.29, 0.717) is 10.9 Å². The summed E-state index contributed by atoms with van der Waals surface area (Å²) in [6.07, 6.45) is 0. The third kappa shape index (κ3) is 1.50. The van der Waals surface area contributed by atoms with Gasteiger partial charge in [0.15, 0.2) is 5.06 Å². The van der Waals surface area contributed by atoms with Crippen LogP contribution in [0.5, 0.6) is 5.06 Å². The molecule has 0 radical (unpaired) electrons. The molecule has 1 nitrogen and oxygen atoms in total. The van der Waals surface area contributed by atoms with Gasteiger partial charge in [0.25, 0.3) is 0 Å². The topological polar surface area (TPSA) is 20.2 Å². The molecule has 0 atom stereocenters. The second kappa shape index (κ2) is 3.37. The fraction of sp³-hybridized carbons (Fsp3) is 0.111. The molecule has 68 valence electrons. The van der Waals surface area contributed by atoms with Crippen molar-refractivity contribution in [3.63, 3.8) is 0 Å². The van der Waals surface area contributed by atoms with Crippen LogP contribution in [0, 0.1) is 0 Å². The lowest BCUT2D eigenvalue weighted by atomic mass is 10.2. The van der Waals surface area contributed by atoms with E-state index in [1.165, 1.54) is 11.3 Å². The van der Waals surface area contributed by atoms with Crippen molar-refractivity contribution in [2.45, 2.75) is 5.88 Å². The summed E-state index contributed by atoms with van der Waals surface area (Å²) in [5.74, 6) is 0.327. The molecule has 1 aromatic heterocycles. The molecule has 13 heavy (non-hydrogen) atoms. The van der Waals surface area contributed by atoms with Gasteiger partial charge in [-0.1, -0.05) is 29.0 Å². The van der Waals surface area contributed by atoms with Gasteiger partial charge in [-0.3, -0.25) is 0 Å². The van der Waals surface area contributed by atoms with E-state index in [9.17, 15) is 5.11 Å². The molecular weight excluding hydrogens is 227 g/mol. The Bertz CT molecular complexity index is 450. The highest BCUT2D eigenvalue weighted by molar-refractivity contribution is 7.21. The number of fused-ring (bicyclic) bond motifs is 1. The van der Waals surface area contributed by atoms with Crippen LogP contribution in [0.15, 0.2) is 18.2 Å². The van der Waals surface area contributed by atoms with E-state index in [-0.39, 0.29) is 5.06 Å². The van der Waals surface area contributed by atoms with Crippen molar-refractivity contribution in [2.24, 2.45) is 0 Å². The van der Waals surface area contributed by atoms with E-state index < -0.39 is 0 Å². The first-order chi connectivity index (χ1) is 6.22. The Hall–Kier alpha value is -0.440. The molecule has 0 amide bonds. The molecule has 1 N–H and O–H groups in total. The summed E-state index contributed by atoms with van der Waals surface area (Å²) in [4.78, 5) is 0. The molecule has 0 saturated carbocycles. The van der Waals surface area contributed by atoms with Crippen molar-refractivity contribution in [1.82, 2.24) is 0 Å². The number of hydrogen-bond acceptors (Lipinski definition) is 2. The summed E-state index contributed by atoms with van der Waals surface area (Å²) in [6.45, 7) is 0. The fourth-order valence-corrected chi connectivity index (χ4v) is 2.83. The van der Waals surface area contributed by atoms with Gasteiger partial charge in [-0.05, 0) is 12.1 Å². The second-order valence-electron chi connectivity index (χ2n) is 2.66. The molecule has 2 aromatic rings. The van der Waals surface area contributed by atoms with Crippen LogP contribution in [0.3, 0.4) is 0 Å². The van der Waals surface area contributed by atoms with Crippen molar-refractivity contribution >= 4 is 44.6 Å². The molecule has 2 rings (SSSR count). The average molecular weight is 233 g/mol. The Morgan fingerprint density at radius 1 is 1.38 bits per heavy atom. The van der Waals surface area contributed by atoms with Crippen LogP contribution in [0.2, 0.25) is 5.02 Å². The first kappa shape index (κ1) is 9.13. The van der Waals surface area contributed by atoms with Gasteiger partial charge < -0.3 is 5.11 Å². The summed E-state index contributed by atoms with van der Waals surface area (Å²) in [6, 6.07) is 5.51. The van der Waals surface area contributed by atoms with Crippen LogP contribution in [0.4, 0.5) is 0 Å². The third-order valence-corrected chi connectivity index (χ3v) is 3.37. The summed E-state index contributed by atoms with van der Waals surface area (Å²) in [5.41, 5.74) is 0.790. The zero-order valence-corrected chi connectivity index (χ0v) is 8.88. The summed E-state index contributed by atoms with van der Waals surface area (Å²) < 4.78 is 0.973. The van der Waals surface area contributed by atoms with Gasteiger partial charge in [-0.25, -0.2) is 0 Å². The van der Waals surface area contributed by atoms with E-state index >= 15 is 0 Å². The van der Waals surface area contributed by atoms with Crippen LogP contribution in [-0.4, -0.2) is 5.11 Å². The molecule has 1 aromatic carbocycles. The van der Waals surface area contributed by atoms with E-state index in [4.69, 9.17) is 23.2 Å². The maximum absolute atomic E-state index is 9.52. The fourth-order valence-electron chi connectivity index (χ4n) is 1.24. The predicted octanol–water partition coefficient (Wildman–Crippen LogP) is 4.00. The maximum Gasteiger partial charge on any atom is 0.176 e. The van der Waals surface area contributed by atoms with Crippen LogP contribution in [0.1, 0.15) is 5.56 Å². The molecule has 0 saturated heterocycles. The quantitative estimate of drug-likeness (QED) is 0.738. The molecule has 4 heteroatoms. The maximum atomic E-state index is 9.52. The minimum atomic E-state index is 0.285. The van der Waals surface area contributed by atoms with Gasteiger partial charge in [0, 0.05) is 20.7 Å². The lowest BCUT2D eigenvalue weighted by molar-refractivity contribution is 0.487. The van der Waals surface area contributed by atoms with Crippen LogP contribution in [0.25, 0.3) is 10.1 Å². The van der Waals surface area contributed by atoms with Crippen LogP contribution >= 0.6 is 34.5 Å². The van der Waals surface area contributed by atoms with Crippen LogP contribution < -0.4 is 0 Å². The van der Waals surface area contributed by atoms with Gasteiger partial charge in [0.1, 0.15) is 0 Å². The minimum absolute atomic E-state index is 0.285. The number of rotatable bonds is 1. The van der Waals surface area contributed by atoms with Crippen molar-refractivity contribution in [3.8, 4) is 5.06 Å². The summed E-state index contributed by atoms with van der Waals surface area (Å²) in [5, 5.41) is 11.5. The van der Waals surface area contributed by atoms with Gasteiger partial charge in [-0.2, -0.15) is 0 Å². The number of benzene rings is 1. The highest BCUT2D eigenvalue weighted by atomic mass is 35.5. The number of alkyl halides is 1. The monoisotopic (exact) mass is 232 g/mol. The average Bonchev–Trinajstić information content (AvgIpc) is 2.39. The predicted molar refractivity (Wildman–Crippen MR) is 58.1 cm³/mol. The van der Waals surface area contributed by atoms with Gasteiger partial charge in [0.2, 0.25) is 0 Å². The Morgan fingerprint density at radius 2 is 2.15 bits per heavy atom. The number of hydrogen-bond donors (Lipinski definition) is 1. The highest BCUT2D eigenvalue weighted by Gasteiger charge is 2.09. The third-order valence-electron chi connectivity index (χ3n) is 1.87. The summed E-state index contributed by atoms with van der Waals surface area (Å²) in [7, 11) is 0. The first-order valence-electron chi connectivity index (χ1n) is 3.68. The number of aromatic hydroxyl groups is 1. The van der Waals surface area contributed by atoms with Crippen LogP contribution in [-0.2, 0) is 5.88 Å². The SMILES string of the molecule is Oc1sc2cc(Cl)ccc2c1CCl. The first-order valence-corrected chi connectivity index (χ1v) is 5.41. The van der Waals surface area contributed by atoms with Crippen molar-refractivity contribution in [1.29, 1.82) is 0 Å². The smallest absolute Gasteiger partial charge is 0.176 e. The highest BCUT2D eigenvalue weighted by Crippen LogP contribution is 2.38. The molecule has 1 heterocycles. The Morgan fingerprint density at radius 3 is 2.85 bits per heavy atom. The molecule has 0 spiro atoms. The second-order valence-corrected chi connectivity index (χ2v) is 4.39. The molecule has 0 fully saturated rings. The largest absolute Gasteiger partial charge is 0.499 e. The van der Waals surface area contributed by atoms with E-state index in [1.54, 1.807) is 6.07 Å². The van der Waals surface area contributed by atoms with Crippen molar-refractivity contribution in [2.75, 3.05) is 0 Å². The number of halogens is 2. The van der Waals surface area contributed by atoms with Gasteiger partial charge in [-0.15, -0.1) is 11.6 Å². The Labute approximate surface area is 89.5 Å². The lowest BCUT2D eigenvalue weighted by Crippen LogP contribution is -1.73. The van der Waals surface area contributed by atoms with Gasteiger partial charge >= 0.3 is 0 Å². The van der Waals surface area contributed by atoms with Gasteiger partial charge in [0.05, 0.1) is 5.88 Å². The van der Waals surface area contributed by atoms with Crippen molar-refractivity contribution < 1.29 is 5.11 Å². The molecule has 0 bridgehead atoms. The molecule has 0 aliphatic carbocycles. The van der Waals surface area contributed by atoms with Crippen molar-refractivity contribution in [3.05, 3.63) is 28.8 Å². The molecule has 0 unspecified atom stereocenters. The minimum Gasteiger partial charge on any atom is -0.499 e. The van der Waals surface area contributed by atoms with E-state index in [0.717, 1.165) is 15.6 Å². The van der Waals surface area contributed by atoms with E-state index in [1.807, 2.05) is 12.1 Å².